The number of sulfonamides is 1. The highest BCUT2D eigenvalue weighted by Crippen LogP contribution is 2.19. The Kier molecular flexibility index (Phi) is 5.08. The van der Waals surface area contributed by atoms with Gasteiger partial charge in [-0.05, 0) is 48.9 Å². The molecule has 0 amide bonds. The van der Waals surface area contributed by atoms with E-state index < -0.39 is 25.9 Å². The van der Waals surface area contributed by atoms with Crippen LogP contribution < -0.4 is 4.72 Å². The smallest absolute Gasteiger partial charge is 0.224 e. The first-order valence-electron chi connectivity index (χ1n) is 6.96. The fourth-order valence-electron chi connectivity index (χ4n) is 2.08. The molecule has 126 valence electrons. The number of hydrogen-bond acceptors (Lipinski definition) is 5. The van der Waals surface area contributed by atoms with Crippen LogP contribution in [0, 0.1) is 11.3 Å². The number of hydrogen-bond donors (Lipinski definition) is 1. The number of nitriles is 1. The van der Waals surface area contributed by atoms with Gasteiger partial charge in [-0.3, -0.25) is 0 Å². The average Bonchev–Trinajstić information content (AvgIpc) is 2.54. The molecular formula is C16H16N2O4S2. The third-order valence-corrected chi connectivity index (χ3v) is 6.12. The second kappa shape index (κ2) is 6.73. The van der Waals surface area contributed by atoms with Crippen LogP contribution >= 0.6 is 0 Å². The van der Waals surface area contributed by atoms with Crippen LogP contribution in [0.25, 0.3) is 0 Å². The van der Waals surface area contributed by atoms with Gasteiger partial charge in [-0.1, -0.05) is 12.1 Å². The first kappa shape index (κ1) is 18.1. The third-order valence-electron chi connectivity index (χ3n) is 3.43. The van der Waals surface area contributed by atoms with Crippen molar-refractivity contribution in [2.75, 3.05) is 6.26 Å². The van der Waals surface area contributed by atoms with Gasteiger partial charge >= 0.3 is 0 Å². The van der Waals surface area contributed by atoms with E-state index in [9.17, 15) is 16.8 Å². The third kappa shape index (κ3) is 4.20. The predicted molar refractivity (Wildman–Crippen MR) is 89.4 cm³/mol. The van der Waals surface area contributed by atoms with Crippen molar-refractivity contribution in [1.29, 1.82) is 5.26 Å². The minimum absolute atomic E-state index is 0.0182. The van der Waals surface area contributed by atoms with Crippen molar-refractivity contribution in [1.82, 2.24) is 4.72 Å². The number of sulfone groups is 1. The van der Waals surface area contributed by atoms with Gasteiger partial charge in [0.2, 0.25) is 10.0 Å². The maximum Gasteiger partial charge on any atom is 0.241 e. The van der Waals surface area contributed by atoms with Gasteiger partial charge in [0, 0.05) is 12.3 Å². The van der Waals surface area contributed by atoms with Gasteiger partial charge in [0.1, 0.15) is 0 Å². The van der Waals surface area contributed by atoms with Crippen molar-refractivity contribution in [3.8, 4) is 6.07 Å². The highest BCUT2D eigenvalue weighted by Gasteiger charge is 2.19. The maximum atomic E-state index is 12.4. The van der Waals surface area contributed by atoms with Gasteiger partial charge in [0.15, 0.2) is 9.84 Å². The second-order valence-corrected chi connectivity index (χ2v) is 9.05. The minimum Gasteiger partial charge on any atom is -0.224 e. The Hall–Kier alpha value is -2.21. The fraction of sp³-hybridized carbons (Fsp3) is 0.188. The topological polar surface area (TPSA) is 104 Å². The molecule has 24 heavy (non-hydrogen) atoms. The SMILES string of the molecule is CC(NS(=O)(=O)c1ccc(S(C)(=O)=O)cc1)c1ccc(C#N)cc1. The lowest BCUT2D eigenvalue weighted by Gasteiger charge is -2.15. The molecule has 0 heterocycles. The van der Waals surface area contributed by atoms with Gasteiger partial charge in [0.25, 0.3) is 0 Å². The number of nitrogens with zero attached hydrogens (tertiary/aromatic N) is 1. The summed E-state index contributed by atoms with van der Waals surface area (Å²) in [5.74, 6) is 0. The van der Waals surface area contributed by atoms with Crippen LogP contribution in [0.2, 0.25) is 0 Å². The largest absolute Gasteiger partial charge is 0.241 e. The summed E-state index contributed by atoms with van der Waals surface area (Å²) < 4.78 is 50.1. The summed E-state index contributed by atoms with van der Waals surface area (Å²) in [6.07, 6.45) is 1.06. The molecule has 6 nitrogen and oxygen atoms in total. The van der Waals surface area contributed by atoms with E-state index in [1.807, 2.05) is 6.07 Å². The summed E-state index contributed by atoms with van der Waals surface area (Å²) in [5, 5.41) is 8.78. The zero-order valence-corrected chi connectivity index (χ0v) is 14.7. The van der Waals surface area contributed by atoms with Crippen molar-refractivity contribution < 1.29 is 16.8 Å². The molecule has 0 aliphatic carbocycles. The standard InChI is InChI=1S/C16H16N2O4S2/c1-12(14-5-3-13(11-17)4-6-14)18-24(21,22)16-9-7-15(8-10-16)23(2,19)20/h3-10,12,18H,1-2H3. The fourth-order valence-corrected chi connectivity index (χ4v) is 3.94. The molecule has 1 unspecified atom stereocenters. The molecule has 1 N–H and O–H groups in total. The summed E-state index contributed by atoms with van der Waals surface area (Å²) in [4.78, 5) is 0.0389. The zero-order chi connectivity index (χ0) is 18.0. The van der Waals surface area contributed by atoms with Crippen LogP contribution in [-0.4, -0.2) is 23.1 Å². The molecular weight excluding hydrogens is 348 g/mol. The van der Waals surface area contributed by atoms with Crippen LogP contribution in [-0.2, 0) is 19.9 Å². The van der Waals surface area contributed by atoms with E-state index in [0.717, 1.165) is 6.26 Å². The summed E-state index contributed by atoms with van der Waals surface area (Å²) in [6, 6.07) is 13.1. The van der Waals surface area contributed by atoms with Crippen LogP contribution in [0.1, 0.15) is 24.1 Å². The molecule has 0 saturated heterocycles. The van der Waals surface area contributed by atoms with Crippen LogP contribution in [0.5, 0.6) is 0 Å². The maximum absolute atomic E-state index is 12.4. The van der Waals surface area contributed by atoms with Crippen LogP contribution in [0.3, 0.4) is 0 Å². The van der Waals surface area contributed by atoms with Crippen molar-refractivity contribution >= 4 is 19.9 Å². The molecule has 8 heteroatoms. The lowest BCUT2D eigenvalue weighted by atomic mass is 10.1. The number of rotatable bonds is 5. The van der Waals surface area contributed by atoms with Gasteiger partial charge in [0.05, 0.1) is 21.4 Å². The predicted octanol–water partition coefficient (Wildman–Crippen LogP) is 2.00. The van der Waals surface area contributed by atoms with E-state index in [1.165, 1.54) is 24.3 Å². The zero-order valence-electron chi connectivity index (χ0n) is 13.1. The highest BCUT2D eigenvalue weighted by molar-refractivity contribution is 7.90. The lowest BCUT2D eigenvalue weighted by Crippen LogP contribution is -2.26. The quantitative estimate of drug-likeness (QED) is 0.874. The van der Waals surface area contributed by atoms with Gasteiger partial charge in [-0.25, -0.2) is 21.6 Å². The summed E-state index contributed by atoms with van der Waals surface area (Å²) in [7, 11) is -7.17. The Morgan fingerprint density at radius 2 is 1.42 bits per heavy atom. The van der Waals surface area contributed by atoms with Crippen molar-refractivity contribution in [2.24, 2.45) is 0 Å². The van der Waals surface area contributed by atoms with Gasteiger partial charge in [-0.15, -0.1) is 0 Å². The Labute approximate surface area is 141 Å². The molecule has 0 aliphatic heterocycles. The molecule has 1 atom stereocenters. The Morgan fingerprint density at radius 1 is 0.917 bits per heavy atom. The normalized spacial score (nSPS) is 13.2. The summed E-state index contributed by atoms with van der Waals surface area (Å²) >= 11 is 0. The van der Waals surface area contributed by atoms with E-state index in [1.54, 1.807) is 31.2 Å². The molecule has 0 saturated carbocycles. The Balaban J connectivity index is 2.22. The molecule has 0 bridgehead atoms. The molecule has 0 aromatic heterocycles. The van der Waals surface area contributed by atoms with Crippen molar-refractivity contribution in [3.05, 3.63) is 59.7 Å². The first-order valence-corrected chi connectivity index (χ1v) is 10.3. The Morgan fingerprint density at radius 3 is 1.88 bits per heavy atom. The summed E-state index contributed by atoms with van der Waals surface area (Å²) in [5.41, 5.74) is 1.20. The Bertz CT molecular complexity index is 972. The van der Waals surface area contributed by atoms with E-state index in [4.69, 9.17) is 5.26 Å². The molecule has 0 radical (unpaired) electrons. The van der Waals surface area contributed by atoms with Gasteiger partial charge < -0.3 is 0 Å². The monoisotopic (exact) mass is 364 g/mol. The molecule has 2 rings (SSSR count). The molecule has 2 aromatic rings. The minimum atomic E-state index is -3.80. The number of nitrogens with one attached hydrogen (secondary N) is 1. The first-order chi connectivity index (χ1) is 11.1. The van der Waals surface area contributed by atoms with Crippen molar-refractivity contribution in [2.45, 2.75) is 22.8 Å². The van der Waals surface area contributed by atoms with Crippen molar-refractivity contribution in [3.63, 3.8) is 0 Å². The molecule has 0 spiro atoms. The summed E-state index contributed by atoms with van der Waals surface area (Å²) in [6.45, 7) is 1.68. The van der Waals surface area contributed by atoms with Gasteiger partial charge in [-0.2, -0.15) is 5.26 Å². The van der Waals surface area contributed by atoms with E-state index in [-0.39, 0.29) is 9.79 Å². The van der Waals surface area contributed by atoms with Crippen LogP contribution in [0.15, 0.2) is 58.3 Å². The average molecular weight is 364 g/mol. The molecule has 0 fully saturated rings. The van der Waals surface area contributed by atoms with E-state index in [2.05, 4.69) is 4.72 Å². The molecule has 2 aromatic carbocycles. The lowest BCUT2D eigenvalue weighted by molar-refractivity contribution is 0.566. The van der Waals surface area contributed by atoms with Crippen LogP contribution in [0.4, 0.5) is 0 Å². The number of benzene rings is 2. The highest BCUT2D eigenvalue weighted by atomic mass is 32.2. The van der Waals surface area contributed by atoms with E-state index >= 15 is 0 Å². The molecule has 0 aliphatic rings. The van der Waals surface area contributed by atoms with E-state index in [0.29, 0.717) is 11.1 Å². The second-order valence-electron chi connectivity index (χ2n) is 5.32.